The Bertz CT molecular complexity index is 250. The molecule has 72 valence electrons. The molecule has 0 unspecified atom stereocenters. The van der Waals surface area contributed by atoms with E-state index in [0.29, 0.717) is 19.0 Å². The highest BCUT2D eigenvalue weighted by Gasteiger charge is 2.52. The zero-order chi connectivity index (χ0) is 9.47. The average Bonchev–Trinajstić information content (AvgIpc) is 2.81. The van der Waals surface area contributed by atoms with Gasteiger partial charge in [-0.1, -0.05) is 6.08 Å². The fourth-order valence-electron chi connectivity index (χ4n) is 1.90. The first-order chi connectivity index (χ1) is 6.15. The molecule has 0 aromatic carbocycles. The van der Waals surface area contributed by atoms with Crippen molar-refractivity contribution < 1.29 is 9.90 Å². The maximum absolute atomic E-state index is 11.3. The molecule has 1 N–H and O–H groups in total. The lowest BCUT2D eigenvalue weighted by atomic mass is 9.89. The number of rotatable bonds is 2. The summed E-state index contributed by atoms with van der Waals surface area (Å²) in [5.74, 6) is 0.481. The zero-order valence-corrected chi connectivity index (χ0v) is 7.86. The van der Waals surface area contributed by atoms with Gasteiger partial charge in [0.2, 0.25) is 5.91 Å². The lowest BCUT2D eigenvalue weighted by molar-refractivity contribution is -0.154. The summed E-state index contributed by atoms with van der Waals surface area (Å²) in [7, 11) is 0. The first-order valence-electron chi connectivity index (χ1n) is 4.80. The van der Waals surface area contributed by atoms with E-state index in [0.717, 1.165) is 12.8 Å². The zero-order valence-electron chi connectivity index (χ0n) is 7.86. The summed E-state index contributed by atoms with van der Waals surface area (Å²) in [5.41, 5.74) is -0.544. The highest BCUT2D eigenvalue weighted by atomic mass is 16.3. The van der Waals surface area contributed by atoms with Crippen LogP contribution in [0.15, 0.2) is 12.2 Å². The van der Waals surface area contributed by atoms with Crippen molar-refractivity contribution in [1.82, 2.24) is 4.90 Å². The summed E-state index contributed by atoms with van der Waals surface area (Å²) in [5, 5.41) is 9.92. The van der Waals surface area contributed by atoms with E-state index in [9.17, 15) is 9.90 Å². The Morgan fingerprint density at radius 3 is 2.62 bits per heavy atom. The second-order valence-corrected chi connectivity index (χ2v) is 4.07. The van der Waals surface area contributed by atoms with Crippen molar-refractivity contribution in [1.29, 1.82) is 0 Å². The molecule has 13 heavy (non-hydrogen) atoms. The number of carbonyl (C=O) groups excluding carboxylic acids is 1. The van der Waals surface area contributed by atoms with Crippen LogP contribution < -0.4 is 0 Å². The molecule has 1 aliphatic heterocycles. The van der Waals surface area contributed by atoms with Gasteiger partial charge in [-0.05, 0) is 31.8 Å². The van der Waals surface area contributed by atoms with Crippen LogP contribution in [0.3, 0.4) is 0 Å². The molecule has 3 nitrogen and oxygen atoms in total. The molecule has 2 aliphatic rings. The molecule has 1 saturated heterocycles. The topological polar surface area (TPSA) is 40.5 Å². The quantitative estimate of drug-likeness (QED) is 0.632. The van der Waals surface area contributed by atoms with Gasteiger partial charge in [0.25, 0.3) is 0 Å². The Kier molecular flexibility index (Phi) is 1.91. The van der Waals surface area contributed by atoms with Crippen LogP contribution >= 0.6 is 0 Å². The van der Waals surface area contributed by atoms with E-state index in [1.54, 1.807) is 17.1 Å². The molecule has 2 fully saturated rings. The van der Waals surface area contributed by atoms with Gasteiger partial charge in [0.05, 0.1) is 13.1 Å². The van der Waals surface area contributed by atoms with E-state index >= 15 is 0 Å². The van der Waals surface area contributed by atoms with Gasteiger partial charge in [0, 0.05) is 0 Å². The molecule has 0 aromatic heterocycles. The number of β-amino-alcohol motifs (C(OH)–C–C–N with tert-alkyl or cyclic N) is 1. The Morgan fingerprint density at radius 1 is 1.54 bits per heavy atom. The third-order valence-electron chi connectivity index (χ3n) is 2.89. The van der Waals surface area contributed by atoms with Gasteiger partial charge < -0.3 is 10.0 Å². The number of hydrogen-bond donors (Lipinski definition) is 1. The van der Waals surface area contributed by atoms with Gasteiger partial charge >= 0.3 is 0 Å². The number of likely N-dealkylation sites (tertiary alicyclic amines) is 1. The molecule has 1 aliphatic carbocycles. The molecule has 0 radical (unpaired) electrons. The summed E-state index contributed by atoms with van der Waals surface area (Å²) in [4.78, 5) is 13.0. The maximum atomic E-state index is 11.3. The number of carbonyl (C=O) groups is 1. The molecule has 0 bridgehead atoms. The van der Waals surface area contributed by atoms with Gasteiger partial charge in [-0.2, -0.15) is 0 Å². The minimum atomic E-state index is -0.544. The van der Waals surface area contributed by atoms with Gasteiger partial charge in [0.1, 0.15) is 5.60 Å². The normalized spacial score (nSPS) is 26.2. The SMILES string of the molecule is C/C=C/C(=O)N1CC(O)(C2CC2)C1. The van der Waals surface area contributed by atoms with Crippen LogP contribution in [0.25, 0.3) is 0 Å². The summed E-state index contributed by atoms with van der Waals surface area (Å²) >= 11 is 0. The van der Waals surface area contributed by atoms with E-state index in [4.69, 9.17) is 0 Å². The molecule has 1 heterocycles. The van der Waals surface area contributed by atoms with Crippen LogP contribution in [0.4, 0.5) is 0 Å². The van der Waals surface area contributed by atoms with Gasteiger partial charge in [-0.25, -0.2) is 0 Å². The molecule has 0 atom stereocenters. The highest BCUT2D eigenvalue weighted by Crippen LogP contribution is 2.44. The molecular weight excluding hydrogens is 166 g/mol. The average molecular weight is 181 g/mol. The predicted molar refractivity (Wildman–Crippen MR) is 49.1 cm³/mol. The number of nitrogens with zero attached hydrogens (tertiary/aromatic N) is 1. The fourth-order valence-corrected chi connectivity index (χ4v) is 1.90. The summed E-state index contributed by atoms with van der Waals surface area (Å²) in [6.45, 7) is 2.88. The van der Waals surface area contributed by atoms with Crippen molar-refractivity contribution in [3.63, 3.8) is 0 Å². The molecular formula is C10H15NO2. The van der Waals surface area contributed by atoms with Crippen LogP contribution in [0.5, 0.6) is 0 Å². The second-order valence-electron chi connectivity index (χ2n) is 4.07. The summed E-state index contributed by atoms with van der Waals surface area (Å²) in [6.07, 6.45) is 5.54. The van der Waals surface area contributed by atoms with E-state index < -0.39 is 5.60 Å². The van der Waals surface area contributed by atoms with Crippen molar-refractivity contribution in [2.24, 2.45) is 5.92 Å². The summed E-state index contributed by atoms with van der Waals surface area (Å²) < 4.78 is 0. The second kappa shape index (κ2) is 2.84. The smallest absolute Gasteiger partial charge is 0.246 e. The Hall–Kier alpha value is -0.830. The third kappa shape index (κ3) is 1.48. The molecule has 1 saturated carbocycles. The lowest BCUT2D eigenvalue weighted by Crippen LogP contribution is -2.64. The molecule has 0 aromatic rings. The van der Waals surface area contributed by atoms with Gasteiger partial charge in [-0.15, -0.1) is 0 Å². The molecule has 1 amide bonds. The van der Waals surface area contributed by atoms with Gasteiger partial charge in [0.15, 0.2) is 0 Å². The van der Waals surface area contributed by atoms with Crippen LogP contribution in [-0.2, 0) is 4.79 Å². The summed E-state index contributed by atoms with van der Waals surface area (Å²) in [6, 6.07) is 0. The number of allylic oxidation sites excluding steroid dienone is 1. The molecule has 0 spiro atoms. The predicted octanol–water partition coefficient (Wildman–Crippen LogP) is 0.546. The minimum absolute atomic E-state index is 0.0211. The van der Waals surface area contributed by atoms with Crippen LogP contribution in [-0.4, -0.2) is 34.6 Å². The minimum Gasteiger partial charge on any atom is -0.386 e. The lowest BCUT2D eigenvalue weighted by Gasteiger charge is -2.46. The fraction of sp³-hybridized carbons (Fsp3) is 0.700. The largest absolute Gasteiger partial charge is 0.386 e. The first kappa shape index (κ1) is 8.75. The Morgan fingerprint density at radius 2 is 2.15 bits per heavy atom. The monoisotopic (exact) mass is 181 g/mol. The van der Waals surface area contributed by atoms with Crippen molar-refractivity contribution in [2.45, 2.75) is 25.4 Å². The first-order valence-corrected chi connectivity index (χ1v) is 4.80. The van der Waals surface area contributed by atoms with E-state index in [1.165, 1.54) is 0 Å². The number of amides is 1. The Balaban J connectivity index is 1.86. The van der Waals surface area contributed by atoms with Crippen LogP contribution in [0, 0.1) is 5.92 Å². The van der Waals surface area contributed by atoms with Crippen molar-refractivity contribution >= 4 is 5.91 Å². The molecule has 3 heteroatoms. The van der Waals surface area contributed by atoms with E-state index in [2.05, 4.69) is 0 Å². The Labute approximate surface area is 78.0 Å². The number of aliphatic hydroxyl groups is 1. The van der Waals surface area contributed by atoms with Crippen molar-refractivity contribution in [2.75, 3.05) is 13.1 Å². The van der Waals surface area contributed by atoms with E-state index in [1.807, 2.05) is 6.92 Å². The number of hydrogen-bond acceptors (Lipinski definition) is 2. The highest BCUT2D eigenvalue weighted by molar-refractivity contribution is 5.88. The van der Waals surface area contributed by atoms with Crippen molar-refractivity contribution in [3.05, 3.63) is 12.2 Å². The van der Waals surface area contributed by atoms with Crippen molar-refractivity contribution in [3.8, 4) is 0 Å². The molecule has 2 rings (SSSR count). The van der Waals surface area contributed by atoms with Crippen LogP contribution in [0.1, 0.15) is 19.8 Å². The van der Waals surface area contributed by atoms with Gasteiger partial charge in [-0.3, -0.25) is 4.79 Å². The standard InChI is InChI=1S/C10H15NO2/c1-2-3-9(12)11-6-10(13,7-11)8-4-5-8/h2-3,8,13H,4-7H2,1H3/b3-2+. The van der Waals surface area contributed by atoms with Crippen LogP contribution in [0.2, 0.25) is 0 Å². The maximum Gasteiger partial charge on any atom is 0.246 e. The van der Waals surface area contributed by atoms with E-state index in [-0.39, 0.29) is 5.91 Å². The third-order valence-corrected chi connectivity index (χ3v) is 2.89.